The van der Waals surface area contributed by atoms with Gasteiger partial charge in [0, 0.05) is 6.07 Å². The summed E-state index contributed by atoms with van der Waals surface area (Å²) >= 11 is 0. The van der Waals surface area contributed by atoms with Crippen molar-refractivity contribution in [3.05, 3.63) is 39.9 Å². The molecule has 0 radical (unpaired) electrons. The number of hydrogen-bond donors (Lipinski definition) is 1. The molecule has 0 spiro atoms. The van der Waals surface area contributed by atoms with Crippen molar-refractivity contribution < 1.29 is 9.66 Å². The van der Waals surface area contributed by atoms with Crippen molar-refractivity contribution in [1.29, 1.82) is 0 Å². The second-order valence-corrected chi connectivity index (χ2v) is 5.44. The van der Waals surface area contributed by atoms with Crippen LogP contribution >= 0.6 is 0 Å². The standard InChI is InChI=1S/C15H22N2O3/c16-9-12-5-1-2-6-13(12)10-20-11-14-7-3-4-8-15(14)17(18)19/h3-4,7-8,12-13H,1-2,5-6,9-11,16H2. The number of ether oxygens (including phenoxy) is 1. The minimum absolute atomic E-state index is 0.131. The van der Waals surface area contributed by atoms with Crippen LogP contribution in [-0.4, -0.2) is 18.1 Å². The number of para-hydroxylation sites is 1. The molecule has 1 aromatic rings. The topological polar surface area (TPSA) is 78.4 Å². The van der Waals surface area contributed by atoms with Crippen molar-refractivity contribution >= 4 is 5.69 Å². The van der Waals surface area contributed by atoms with Gasteiger partial charge in [-0.05, 0) is 37.3 Å². The molecule has 0 saturated heterocycles. The van der Waals surface area contributed by atoms with Crippen LogP contribution < -0.4 is 5.73 Å². The SMILES string of the molecule is NCC1CCCCC1COCc1ccccc1[N+](=O)[O-]. The lowest BCUT2D eigenvalue weighted by Crippen LogP contribution is -2.29. The van der Waals surface area contributed by atoms with E-state index >= 15 is 0 Å². The fraction of sp³-hybridized carbons (Fsp3) is 0.600. The number of rotatable bonds is 6. The van der Waals surface area contributed by atoms with Crippen LogP contribution in [0.25, 0.3) is 0 Å². The Labute approximate surface area is 119 Å². The lowest BCUT2D eigenvalue weighted by atomic mass is 9.80. The van der Waals surface area contributed by atoms with E-state index in [1.807, 2.05) is 0 Å². The molecule has 1 fully saturated rings. The smallest absolute Gasteiger partial charge is 0.274 e. The number of hydrogen-bond acceptors (Lipinski definition) is 4. The maximum atomic E-state index is 10.9. The molecule has 2 rings (SSSR count). The Hall–Kier alpha value is -1.46. The lowest BCUT2D eigenvalue weighted by molar-refractivity contribution is -0.386. The first-order valence-electron chi connectivity index (χ1n) is 7.22. The third-order valence-corrected chi connectivity index (χ3v) is 4.15. The molecule has 1 aliphatic carbocycles. The van der Waals surface area contributed by atoms with Gasteiger partial charge in [-0.3, -0.25) is 10.1 Å². The van der Waals surface area contributed by atoms with E-state index < -0.39 is 0 Å². The van der Waals surface area contributed by atoms with Gasteiger partial charge in [0.25, 0.3) is 5.69 Å². The summed E-state index contributed by atoms with van der Waals surface area (Å²) in [6.45, 7) is 1.65. The lowest BCUT2D eigenvalue weighted by Gasteiger charge is -2.30. The van der Waals surface area contributed by atoms with Gasteiger partial charge in [-0.2, -0.15) is 0 Å². The summed E-state index contributed by atoms with van der Waals surface area (Å²) in [5, 5.41) is 10.9. The molecule has 20 heavy (non-hydrogen) atoms. The maximum absolute atomic E-state index is 10.9. The Morgan fingerprint density at radius 2 is 1.95 bits per heavy atom. The summed E-state index contributed by atoms with van der Waals surface area (Å²) in [5.41, 5.74) is 6.56. The van der Waals surface area contributed by atoms with Crippen LogP contribution in [0.4, 0.5) is 5.69 Å². The Bertz CT molecular complexity index is 450. The van der Waals surface area contributed by atoms with E-state index in [1.165, 1.54) is 25.3 Å². The van der Waals surface area contributed by atoms with Crippen LogP contribution in [0.5, 0.6) is 0 Å². The summed E-state index contributed by atoms with van der Waals surface area (Å²) in [6, 6.07) is 6.74. The zero-order valence-corrected chi connectivity index (χ0v) is 11.7. The minimum atomic E-state index is -0.359. The van der Waals surface area contributed by atoms with Gasteiger partial charge >= 0.3 is 0 Å². The molecule has 0 bridgehead atoms. The van der Waals surface area contributed by atoms with Crippen LogP contribution in [-0.2, 0) is 11.3 Å². The van der Waals surface area contributed by atoms with E-state index in [-0.39, 0.29) is 10.6 Å². The molecule has 0 aromatic heterocycles. The first kappa shape index (κ1) is 14.9. The van der Waals surface area contributed by atoms with Crippen LogP contribution in [0, 0.1) is 22.0 Å². The summed E-state index contributed by atoms with van der Waals surface area (Å²) in [6.07, 6.45) is 4.81. The van der Waals surface area contributed by atoms with Gasteiger partial charge in [-0.15, -0.1) is 0 Å². The molecule has 5 heteroatoms. The third-order valence-electron chi connectivity index (χ3n) is 4.15. The molecule has 1 aromatic carbocycles. The molecule has 2 atom stereocenters. The number of benzene rings is 1. The van der Waals surface area contributed by atoms with Crippen molar-refractivity contribution in [2.75, 3.05) is 13.2 Å². The average Bonchev–Trinajstić information content (AvgIpc) is 2.48. The number of nitrogens with zero attached hydrogens (tertiary/aromatic N) is 1. The Balaban J connectivity index is 1.88. The highest BCUT2D eigenvalue weighted by Crippen LogP contribution is 2.30. The number of nitro groups is 1. The molecule has 2 unspecified atom stereocenters. The molecule has 110 valence electrons. The minimum Gasteiger partial charge on any atom is -0.376 e. The van der Waals surface area contributed by atoms with Crippen molar-refractivity contribution in [3.8, 4) is 0 Å². The normalized spacial score (nSPS) is 22.6. The van der Waals surface area contributed by atoms with Gasteiger partial charge < -0.3 is 10.5 Å². The zero-order valence-electron chi connectivity index (χ0n) is 11.7. The predicted molar refractivity (Wildman–Crippen MR) is 77.3 cm³/mol. The van der Waals surface area contributed by atoms with Crippen LogP contribution in [0.15, 0.2) is 24.3 Å². The van der Waals surface area contributed by atoms with E-state index in [0.717, 1.165) is 6.42 Å². The van der Waals surface area contributed by atoms with Gasteiger partial charge in [0.15, 0.2) is 0 Å². The highest BCUT2D eigenvalue weighted by molar-refractivity contribution is 5.39. The van der Waals surface area contributed by atoms with Crippen molar-refractivity contribution in [3.63, 3.8) is 0 Å². The second kappa shape index (κ2) is 7.36. The monoisotopic (exact) mass is 278 g/mol. The first-order chi connectivity index (χ1) is 9.72. The number of nitrogens with two attached hydrogens (primary N) is 1. The van der Waals surface area contributed by atoms with E-state index in [9.17, 15) is 10.1 Å². The van der Waals surface area contributed by atoms with E-state index in [2.05, 4.69) is 0 Å². The highest BCUT2D eigenvalue weighted by atomic mass is 16.6. The molecule has 5 nitrogen and oxygen atoms in total. The molecule has 1 saturated carbocycles. The fourth-order valence-corrected chi connectivity index (χ4v) is 2.95. The van der Waals surface area contributed by atoms with Gasteiger partial charge in [0.2, 0.25) is 0 Å². The van der Waals surface area contributed by atoms with Crippen molar-refractivity contribution in [1.82, 2.24) is 0 Å². The van der Waals surface area contributed by atoms with Crippen LogP contribution in [0.1, 0.15) is 31.2 Å². The summed E-state index contributed by atoms with van der Waals surface area (Å²) < 4.78 is 5.72. The highest BCUT2D eigenvalue weighted by Gasteiger charge is 2.24. The summed E-state index contributed by atoms with van der Waals surface area (Å²) in [5.74, 6) is 1.03. The maximum Gasteiger partial charge on any atom is 0.274 e. The Kier molecular flexibility index (Phi) is 5.49. The third kappa shape index (κ3) is 3.77. The fourth-order valence-electron chi connectivity index (χ4n) is 2.95. The molecule has 0 aliphatic heterocycles. The molecule has 2 N–H and O–H groups in total. The van der Waals surface area contributed by atoms with Gasteiger partial charge in [-0.25, -0.2) is 0 Å². The molecule has 0 amide bonds. The van der Waals surface area contributed by atoms with E-state index in [1.54, 1.807) is 18.2 Å². The molecular weight excluding hydrogens is 256 g/mol. The molecule has 0 heterocycles. The predicted octanol–water partition coefficient (Wildman–Crippen LogP) is 2.88. The first-order valence-corrected chi connectivity index (χ1v) is 7.22. The van der Waals surface area contributed by atoms with Crippen molar-refractivity contribution in [2.45, 2.75) is 32.3 Å². The van der Waals surface area contributed by atoms with Gasteiger partial charge in [-0.1, -0.05) is 25.0 Å². The van der Waals surface area contributed by atoms with Crippen LogP contribution in [0.2, 0.25) is 0 Å². The largest absolute Gasteiger partial charge is 0.376 e. The average molecular weight is 278 g/mol. The van der Waals surface area contributed by atoms with Crippen molar-refractivity contribution in [2.24, 2.45) is 17.6 Å². The molecular formula is C15H22N2O3. The Morgan fingerprint density at radius 3 is 2.65 bits per heavy atom. The van der Waals surface area contributed by atoms with Gasteiger partial charge in [0.1, 0.15) is 0 Å². The second-order valence-electron chi connectivity index (χ2n) is 5.44. The number of nitro benzene ring substituents is 1. The van der Waals surface area contributed by atoms with E-state index in [4.69, 9.17) is 10.5 Å². The molecule has 1 aliphatic rings. The quantitative estimate of drug-likeness (QED) is 0.641. The summed E-state index contributed by atoms with van der Waals surface area (Å²) in [4.78, 5) is 10.6. The zero-order chi connectivity index (χ0) is 14.4. The van der Waals surface area contributed by atoms with E-state index in [0.29, 0.717) is 37.2 Å². The Morgan fingerprint density at radius 1 is 1.25 bits per heavy atom. The van der Waals surface area contributed by atoms with Crippen LogP contribution in [0.3, 0.4) is 0 Å². The van der Waals surface area contributed by atoms with Gasteiger partial charge in [0.05, 0.1) is 23.7 Å². The summed E-state index contributed by atoms with van der Waals surface area (Å²) in [7, 11) is 0.